The van der Waals surface area contributed by atoms with Crippen molar-refractivity contribution in [3.63, 3.8) is 0 Å². The average molecular weight is 348 g/mol. The topological polar surface area (TPSA) is 44.0 Å². The van der Waals surface area contributed by atoms with E-state index in [1.165, 1.54) is 12.1 Å². The van der Waals surface area contributed by atoms with E-state index in [0.29, 0.717) is 31.9 Å². The van der Waals surface area contributed by atoms with Crippen LogP contribution in [-0.2, 0) is 6.42 Å². The van der Waals surface area contributed by atoms with Crippen LogP contribution < -0.4 is 10.2 Å². The molecular weight excluding hydrogens is 326 g/mol. The highest BCUT2D eigenvalue weighted by Crippen LogP contribution is 2.21. The van der Waals surface area contributed by atoms with Gasteiger partial charge in [-0.2, -0.15) is 0 Å². The van der Waals surface area contributed by atoms with Gasteiger partial charge >= 0.3 is 0 Å². The minimum Gasteiger partial charge on any atom is -0.469 e. The summed E-state index contributed by atoms with van der Waals surface area (Å²) in [4.78, 5) is 8.30. The first kappa shape index (κ1) is 17.3. The summed E-state index contributed by atoms with van der Waals surface area (Å²) < 4.78 is 32.6. The molecule has 0 saturated carbocycles. The van der Waals surface area contributed by atoms with Crippen LogP contribution in [0, 0.1) is 11.6 Å². The second-order valence-electron chi connectivity index (χ2n) is 5.87. The van der Waals surface area contributed by atoms with Crippen LogP contribution in [0.2, 0.25) is 0 Å². The molecule has 134 valence electrons. The molecule has 1 N–H and O–H groups in total. The zero-order valence-electron chi connectivity index (χ0n) is 14.2. The van der Waals surface area contributed by atoms with Gasteiger partial charge in [-0.15, -0.1) is 0 Å². The molecule has 1 aliphatic rings. The SMILES string of the molecule is CN=C(NCCc1ccco1)N1CCN(c2cc(F)ccc2F)CC1. The van der Waals surface area contributed by atoms with E-state index in [4.69, 9.17) is 4.42 Å². The van der Waals surface area contributed by atoms with Crippen molar-refractivity contribution in [2.24, 2.45) is 4.99 Å². The van der Waals surface area contributed by atoms with Crippen LogP contribution in [0.4, 0.5) is 14.5 Å². The van der Waals surface area contributed by atoms with Gasteiger partial charge in [0.2, 0.25) is 0 Å². The second-order valence-corrected chi connectivity index (χ2v) is 5.87. The lowest BCUT2D eigenvalue weighted by molar-refractivity contribution is 0.370. The van der Waals surface area contributed by atoms with E-state index in [1.807, 2.05) is 17.0 Å². The fourth-order valence-corrected chi connectivity index (χ4v) is 2.97. The van der Waals surface area contributed by atoms with E-state index in [0.717, 1.165) is 30.8 Å². The molecule has 7 heteroatoms. The summed E-state index contributed by atoms with van der Waals surface area (Å²) >= 11 is 0. The molecule has 1 aromatic heterocycles. The summed E-state index contributed by atoms with van der Waals surface area (Å²) in [5.41, 5.74) is 0.320. The van der Waals surface area contributed by atoms with Crippen LogP contribution in [0.15, 0.2) is 46.0 Å². The van der Waals surface area contributed by atoms with Gasteiger partial charge < -0.3 is 19.5 Å². The van der Waals surface area contributed by atoms with Crippen molar-refractivity contribution in [2.75, 3.05) is 44.7 Å². The Kier molecular flexibility index (Phi) is 5.53. The number of nitrogens with one attached hydrogen (secondary N) is 1. The highest BCUT2D eigenvalue weighted by atomic mass is 19.1. The van der Waals surface area contributed by atoms with Crippen molar-refractivity contribution in [3.05, 3.63) is 54.0 Å². The smallest absolute Gasteiger partial charge is 0.193 e. The van der Waals surface area contributed by atoms with Gasteiger partial charge in [0.05, 0.1) is 12.0 Å². The maximum atomic E-state index is 13.9. The number of benzene rings is 1. The van der Waals surface area contributed by atoms with Crippen LogP contribution in [0.1, 0.15) is 5.76 Å². The Bertz CT molecular complexity index is 710. The summed E-state index contributed by atoms with van der Waals surface area (Å²) in [7, 11) is 1.74. The zero-order chi connectivity index (χ0) is 17.6. The lowest BCUT2D eigenvalue weighted by Gasteiger charge is -2.37. The number of furan rings is 1. The van der Waals surface area contributed by atoms with Gasteiger partial charge in [-0.3, -0.25) is 4.99 Å². The van der Waals surface area contributed by atoms with Crippen molar-refractivity contribution in [2.45, 2.75) is 6.42 Å². The molecule has 0 atom stereocenters. The van der Waals surface area contributed by atoms with Crippen molar-refractivity contribution < 1.29 is 13.2 Å². The Morgan fingerprint density at radius 1 is 1.20 bits per heavy atom. The summed E-state index contributed by atoms with van der Waals surface area (Å²) in [6.45, 7) is 3.32. The predicted octanol–water partition coefficient (Wildman–Crippen LogP) is 2.50. The third-order valence-electron chi connectivity index (χ3n) is 4.27. The molecule has 0 bridgehead atoms. The Labute approximate surface area is 145 Å². The highest BCUT2D eigenvalue weighted by molar-refractivity contribution is 5.80. The first-order chi connectivity index (χ1) is 12.2. The quantitative estimate of drug-likeness (QED) is 0.681. The van der Waals surface area contributed by atoms with Gasteiger partial charge in [0.1, 0.15) is 17.4 Å². The van der Waals surface area contributed by atoms with E-state index < -0.39 is 11.6 Å². The number of aliphatic imine (C=N–C) groups is 1. The van der Waals surface area contributed by atoms with Crippen LogP contribution in [0.5, 0.6) is 0 Å². The van der Waals surface area contributed by atoms with Gasteiger partial charge in [0.25, 0.3) is 0 Å². The molecule has 2 aromatic rings. The van der Waals surface area contributed by atoms with Gasteiger partial charge in [-0.1, -0.05) is 0 Å². The average Bonchev–Trinajstić information content (AvgIpc) is 3.15. The van der Waals surface area contributed by atoms with E-state index in [1.54, 1.807) is 13.3 Å². The third kappa shape index (κ3) is 4.29. The van der Waals surface area contributed by atoms with Crippen molar-refractivity contribution in [1.29, 1.82) is 0 Å². The Balaban J connectivity index is 1.52. The van der Waals surface area contributed by atoms with E-state index in [9.17, 15) is 8.78 Å². The molecule has 1 saturated heterocycles. The maximum Gasteiger partial charge on any atom is 0.193 e. The summed E-state index contributed by atoms with van der Waals surface area (Å²) in [5.74, 6) is 0.922. The minimum atomic E-state index is -0.422. The number of guanidine groups is 1. The monoisotopic (exact) mass is 348 g/mol. The van der Waals surface area contributed by atoms with E-state index in [2.05, 4.69) is 15.2 Å². The molecule has 1 aliphatic heterocycles. The summed E-state index contributed by atoms with van der Waals surface area (Å²) in [6.07, 6.45) is 2.44. The summed E-state index contributed by atoms with van der Waals surface area (Å²) in [6, 6.07) is 7.37. The molecule has 0 radical (unpaired) electrons. The second kappa shape index (κ2) is 8.00. The zero-order valence-corrected chi connectivity index (χ0v) is 14.2. The number of hydrogen-bond donors (Lipinski definition) is 1. The summed E-state index contributed by atoms with van der Waals surface area (Å²) in [5, 5.41) is 3.32. The number of rotatable bonds is 4. The van der Waals surface area contributed by atoms with Crippen LogP contribution in [-0.4, -0.2) is 50.6 Å². The largest absolute Gasteiger partial charge is 0.469 e. The highest BCUT2D eigenvalue weighted by Gasteiger charge is 2.21. The van der Waals surface area contributed by atoms with Gasteiger partial charge in [0, 0.05) is 52.3 Å². The molecule has 25 heavy (non-hydrogen) atoms. The Hall–Kier alpha value is -2.57. The van der Waals surface area contributed by atoms with Crippen LogP contribution in [0.3, 0.4) is 0 Å². The number of nitrogens with zero attached hydrogens (tertiary/aromatic N) is 3. The Morgan fingerprint density at radius 3 is 2.68 bits per heavy atom. The van der Waals surface area contributed by atoms with Gasteiger partial charge in [-0.25, -0.2) is 8.78 Å². The van der Waals surface area contributed by atoms with E-state index in [-0.39, 0.29) is 0 Å². The fourth-order valence-electron chi connectivity index (χ4n) is 2.97. The normalized spacial score (nSPS) is 15.6. The number of anilines is 1. The molecule has 0 spiro atoms. The van der Waals surface area contributed by atoms with Gasteiger partial charge in [0.15, 0.2) is 5.96 Å². The first-order valence-corrected chi connectivity index (χ1v) is 8.35. The third-order valence-corrected chi connectivity index (χ3v) is 4.27. The molecular formula is C18H22F2N4O. The number of hydrogen-bond acceptors (Lipinski definition) is 3. The number of halogens is 2. The molecule has 3 rings (SSSR count). The lowest BCUT2D eigenvalue weighted by atomic mass is 10.2. The van der Waals surface area contributed by atoms with Crippen molar-refractivity contribution >= 4 is 11.6 Å². The molecule has 5 nitrogen and oxygen atoms in total. The molecule has 0 unspecified atom stereocenters. The first-order valence-electron chi connectivity index (χ1n) is 8.35. The Morgan fingerprint density at radius 2 is 2.00 bits per heavy atom. The molecule has 0 aliphatic carbocycles. The van der Waals surface area contributed by atoms with Crippen molar-refractivity contribution in [3.8, 4) is 0 Å². The number of piperazine rings is 1. The standard InChI is InChI=1S/C18H22F2N4O/c1-21-18(22-7-6-15-3-2-12-25-15)24-10-8-23(9-11-24)17-13-14(19)4-5-16(17)20/h2-5,12-13H,6-11H2,1H3,(H,21,22). The fraction of sp³-hybridized carbons (Fsp3) is 0.389. The van der Waals surface area contributed by atoms with Gasteiger partial charge in [-0.05, 0) is 24.3 Å². The predicted molar refractivity (Wildman–Crippen MR) is 93.9 cm³/mol. The van der Waals surface area contributed by atoms with E-state index >= 15 is 0 Å². The molecule has 2 heterocycles. The van der Waals surface area contributed by atoms with Crippen molar-refractivity contribution in [1.82, 2.24) is 10.2 Å². The molecule has 1 fully saturated rings. The molecule has 0 amide bonds. The molecule has 1 aromatic carbocycles. The maximum absolute atomic E-state index is 13.9. The van der Waals surface area contributed by atoms with Crippen LogP contribution in [0.25, 0.3) is 0 Å². The lowest BCUT2D eigenvalue weighted by Crippen LogP contribution is -2.53. The van der Waals surface area contributed by atoms with Crippen LogP contribution >= 0.6 is 0 Å². The minimum absolute atomic E-state index is 0.320.